The first-order valence-electron chi connectivity index (χ1n) is 7.41. The zero-order chi connectivity index (χ0) is 14.1. The van der Waals surface area contributed by atoms with Gasteiger partial charge < -0.3 is 19.9 Å². The maximum Gasteiger partial charge on any atom is 0.0897 e. The Hall–Kier alpha value is -0.200. The normalized spacial score (nSPS) is 18.8. The molecule has 1 aliphatic rings. The Kier molecular flexibility index (Phi) is 8.57. The fourth-order valence-corrected chi connectivity index (χ4v) is 1.99. The zero-order valence-corrected chi connectivity index (χ0v) is 12.6. The number of nitrogens with zero attached hydrogens (tertiary/aromatic N) is 1. The van der Waals surface area contributed by atoms with Crippen molar-refractivity contribution in [3.05, 3.63) is 0 Å². The maximum atomic E-state index is 9.74. The number of ether oxygens (including phenoxy) is 2. The minimum Gasteiger partial charge on any atom is -0.389 e. The number of rotatable bonds is 12. The third kappa shape index (κ3) is 7.84. The standard InChI is InChI=1S/C14H30N2O3/c1-4-18-7-8-19-11-14(17)10-15-9-12(2)16(3)13-5-6-13/h12-15,17H,4-11H2,1-3H3. The second-order valence-corrected chi connectivity index (χ2v) is 5.33. The number of aliphatic hydroxyl groups is 1. The van der Waals surface area contributed by atoms with E-state index in [1.54, 1.807) is 0 Å². The summed E-state index contributed by atoms with van der Waals surface area (Å²) >= 11 is 0. The molecule has 0 bridgehead atoms. The van der Waals surface area contributed by atoms with Crippen LogP contribution in [0.25, 0.3) is 0 Å². The second-order valence-electron chi connectivity index (χ2n) is 5.33. The molecule has 2 N–H and O–H groups in total. The summed E-state index contributed by atoms with van der Waals surface area (Å²) in [6, 6.07) is 1.29. The van der Waals surface area contributed by atoms with E-state index in [9.17, 15) is 5.11 Å². The van der Waals surface area contributed by atoms with Crippen LogP contribution in [0.5, 0.6) is 0 Å². The van der Waals surface area contributed by atoms with Crippen LogP contribution in [0.15, 0.2) is 0 Å². The topological polar surface area (TPSA) is 54.0 Å². The first-order chi connectivity index (χ1) is 9.15. The van der Waals surface area contributed by atoms with Crippen LogP contribution in [-0.2, 0) is 9.47 Å². The van der Waals surface area contributed by atoms with Gasteiger partial charge in [-0.3, -0.25) is 4.90 Å². The first kappa shape index (κ1) is 16.9. The van der Waals surface area contributed by atoms with Gasteiger partial charge in [-0.25, -0.2) is 0 Å². The molecule has 114 valence electrons. The highest BCUT2D eigenvalue weighted by Crippen LogP contribution is 2.26. The predicted octanol–water partition coefficient (Wildman–Crippen LogP) is 0.473. The molecule has 0 saturated heterocycles. The summed E-state index contributed by atoms with van der Waals surface area (Å²) in [5.74, 6) is 0. The molecule has 0 radical (unpaired) electrons. The Balaban J connectivity index is 1.92. The van der Waals surface area contributed by atoms with Crippen LogP contribution in [-0.4, -0.2) is 74.8 Å². The van der Waals surface area contributed by atoms with Crippen molar-refractivity contribution in [1.29, 1.82) is 0 Å². The smallest absolute Gasteiger partial charge is 0.0897 e. The van der Waals surface area contributed by atoms with E-state index in [1.807, 2.05) is 6.92 Å². The number of likely N-dealkylation sites (N-methyl/N-ethyl adjacent to an activating group) is 1. The van der Waals surface area contributed by atoms with Crippen LogP contribution in [0.2, 0.25) is 0 Å². The third-order valence-electron chi connectivity index (χ3n) is 3.52. The molecular weight excluding hydrogens is 244 g/mol. The molecule has 5 nitrogen and oxygen atoms in total. The lowest BCUT2D eigenvalue weighted by atomic mass is 10.2. The second kappa shape index (κ2) is 9.66. The molecule has 19 heavy (non-hydrogen) atoms. The highest BCUT2D eigenvalue weighted by molar-refractivity contribution is 4.85. The van der Waals surface area contributed by atoms with E-state index in [1.165, 1.54) is 12.8 Å². The van der Waals surface area contributed by atoms with Gasteiger partial charge in [0.1, 0.15) is 0 Å². The summed E-state index contributed by atoms with van der Waals surface area (Å²) in [6.45, 7) is 7.88. The van der Waals surface area contributed by atoms with Crippen molar-refractivity contribution in [3.63, 3.8) is 0 Å². The van der Waals surface area contributed by atoms with Gasteiger partial charge in [0, 0.05) is 31.8 Å². The average Bonchev–Trinajstić information content (AvgIpc) is 3.21. The lowest BCUT2D eigenvalue weighted by Gasteiger charge is -2.25. The van der Waals surface area contributed by atoms with E-state index >= 15 is 0 Å². The number of hydrogen-bond acceptors (Lipinski definition) is 5. The Bertz CT molecular complexity index is 225. The molecule has 1 fully saturated rings. The monoisotopic (exact) mass is 274 g/mol. The van der Waals surface area contributed by atoms with Gasteiger partial charge in [-0.15, -0.1) is 0 Å². The summed E-state index contributed by atoms with van der Waals surface area (Å²) in [4.78, 5) is 2.41. The molecule has 0 aromatic rings. The lowest BCUT2D eigenvalue weighted by molar-refractivity contribution is 0.00616. The van der Waals surface area contributed by atoms with Crippen molar-refractivity contribution in [2.24, 2.45) is 0 Å². The van der Waals surface area contributed by atoms with Gasteiger partial charge >= 0.3 is 0 Å². The molecule has 0 aliphatic heterocycles. The molecule has 0 amide bonds. The van der Waals surface area contributed by atoms with Crippen molar-refractivity contribution in [1.82, 2.24) is 10.2 Å². The van der Waals surface area contributed by atoms with Crippen LogP contribution in [0, 0.1) is 0 Å². The largest absolute Gasteiger partial charge is 0.389 e. The fourth-order valence-electron chi connectivity index (χ4n) is 1.99. The highest BCUT2D eigenvalue weighted by atomic mass is 16.5. The quantitative estimate of drug-likeness (QED) is 0.507. The van der Waals surface area contributed by atoms with E-state index in [2.05, 4.69) is 24.2 Å². The van der Waals surface area contributed by atoms with Crippen LogP contribution in [0.3, 0.4) is 0 Å². The molecule has 0 aromatic heterocycles. The summed E-state index contributed by atoms with van der Waals surface area (Å²) in [6.07, 6.45) is 2.22. The Labute approximate surface area is 117 Å². The third-order valence-corrected chi connectivity index (χ3v) is 3.52. The molecule has 2 atom stereocenters. The summed E-state index contributed by atoms with van der Waals surface area (Å²) in [7, 11) is 2.18. The molecular formula is C14H30N2O3. The minimum atomic E-state index is -0.444. The zero-order valence-electron chi connectivity index (χ0n) is 12.6. The fraction of sp³-hybridized carbons (Fsp3) is 1.00. The van der Waals surface area contributed by atoms with E-state index in [-0.39, 0.29) is 0 Å². The van der Waals surface area contributed by atoms with Crippen molar-refractivity contribution in [3.8, 4) is 0 Å². The Morgan fingerprint density at radius 2 is 1.95 bits per heavy atom. The van der Waals surface area contributed by atoms with Crippen LogP contribution in [0.1, 0.15) is 26.7 Å². The number of aliphatic hydroxyl groups excluding tert-OH is 1. The van der Waals surface area contributed by atoms with E-state index in [4.69, 9.17) is 9.47 Å². The summed E-state index contributed by atoms with van der Waals surface area (Å²) < 4.78 is 10.5. The van der Waals surface area contributed by atoms with Crippen LogP contribution < -0.4 is 5.32 Å². The first-order valence-corrected chi connectivity index (χ1v) is 7.41. The maximum absolute atomic E-state index is 9.74. The number of hydrogen-bond donors (Lipinski definition) is 2. The molecule has 2 unspecified atom stereocenters. The van der Waals surface area contributed by atoms with Gasteiger partial charge in [0.2, 0.25) is 0 Å². The SMILES string of the molecule is CCOCCOCC(O)CNCC(C)N(C)C1CC1. The predicted molar refractivity (Wildman–Crippen MR) is 76.4 cm³/mol. The number of nitrogens with one attached hydrogen (secondary N) is 1. The Morgan fingerprint density at radius 1 is 1.26 bits per heavy atom. The van der Waals surface area contributed by atoms with Crippen LogP contribution in [0.4, 0.5) is 0 Å². The van der Waals surface area contributed by atoms with E-state index < -0.39 is 6.10 Å². The Morgan fingerprint density at radius 3 is 2.58 bits per heavy atom. The molecule has 0 heterocycles. The summed E-state index contributed by atoms with van der Waals surface area (Å²) in [5.41, 5.74) is 0. The summed E-state index contributed by atoms with van der Waals surface area (Å²) in [5, 5.41) is 13.0. The van der Waals surface area contributed by atoms with Crippen molar-refractivity contribution >= 4 is 0 Å². The van der Waals surface area contributed by atoms with Gasteiger partial charge in [-0.05, 0) is 33.7 Å². The van der Waals surface area contributed by atoms with E-state index in [0.717, 1.165) is 12.6 Å². The molecule has 1 saturated carbocycles. The van der Waals surface area contributed by atoms with Crippen molar-refractivity contribution in [2.45, 2.75) is 44.9 Å². The molecule has 0 spiro atoms. The van der Waals surface area contributed by atoms with Gasteiger partial charge in [0.15, 0.2) is 0 Å². The van der Waals surface area contributed by atoms with Crippen LogP contribution >= 0.6 is 0 Å². The van der Waals surface area contributed by atoms with Gasteiger partial charge in [0.25, 0.3) is 0 Å². The lowest BCUT2D eigenvalue weighted by Crippen LogP contribution is -2.42. The van der Waals surface area contributed by atoms with E-state index in [0.29, 0.717) is 39.0 Å². The molecule has 5 heteroatoms. The molecule has 0 aromatic carbocycles. The molecule has 1 aliphatic carbocycles. The van der Waals surface area contributed by atoms with Crippen molar-refractivity contribution in [2.75, 3.05) is 46.6 Å². The van der Waals surface area contributed by atoms with Crippen molar-refractivity contribution < 1.29 is 14.6 Å². The van der Waals surface area contributed by atoms with Gasteiger partial charge in [-0.2, -0.15) is 0 Å². The minimum absolute atomic E-state index is 0.368. The molecule has 1 rings (SSSR count). The average molecular weight is 274 g/mol. The van der Waals surface area contributed by atoms with Gasteiger partial charge in [0.05, 0.1) is 25.9 Å². The van der Waals surface area contributed by atoms with Gasteiger partial charge in [-0.1, -0.05) is 0 Å². The highest BCUT2D eigenvalue weighted by Gasteiger charge is 2.28.